The second-order valence-corrected chi connectivity index (χ2v) is 5.40. The molecule has 2 rings (SSSR count). The Bertz CT molecular complexity index is 612. The van der Waals surface area contributed by atoms with Gasteiger partial charge in [-0.2, -0.15) is 0 Å². The number of carbonyl (C=O) groups is 1. The van der Waals surface area contributed by atoms with E-state index >= 15 is 0 Å². The minimum atomic E-state index is -0.192. The maximum absolute atomic E-state index is 11.9. The number of hydrogen-bond acceptors (Lipinski definition) is 4. The molecule has 1 heterocycles. The van der Waals surface area contributed by atoms with Crippen LogP contribution in [-0.4, -0.2) is 25.1 Å². The van der Waals surface area contributed by atoms with Gasteiger partial charge in [-0.05, 0) is 36.8 Å². The molecule has 1 amide bonds. The van der Waals surface area contributed by atoms with Crippen molar-refractivity contribution in [1.29, 1.82) is 0 Å². The zero-order valence-corrected chi connectivity index (χ0v) is 14.4. The highest BCUT2D eigenvalue weighted by Crippen LogP contribution is 2.22. The summed E-state index contributed by atoms with van der Waals surface area (Å²) in [6.45, 7) is 7.57. The number of ether oxygens (including phenoxy) is 1. The van der Waals surface area contributed by atoms with Gasteiger partial charge in [-0.25, -0.2) is 0 Å². The first-order chi connectivity index (χ1) is 10.6. The zero-order chi connectivity index (χ0) is 15.9. The summed E-state index contributed by atoms with van der Waals surface area (Å²) in [6, 6.07) is 7.67. The molecule has 0 bridgehead atoms. The van der Waals surface area contributed by atoms with Gasteiger partial charge in [0.05, 0.1) is 11.8 Å². The molecule has 2 aromatic rings. The SMILES string of the molecule is Cc1cc(NC(=O)c2ccoc2)ccc1OCCNC(C)C.Cl. The van der Waals surface area contributed by atoms with Crippen LogP contribution in [0.4, 0.5) is 5.69 Å². The predicted octanol–water partition coefficient (Wildman–Crippen LogP) is 3.64. The Morgan fingerprint density at radius 1 is 1.30 bits per heavy atom. The van der Waals surface area contributed by atoms with Crippen molar-refractivity contribution in [1.82, 2.24) is 5.32 Å². The smallest absolute Gasteiger partial charge is 0.258 e. The highest BCUT2D eigenvalue weighted by Gasteiger charge is 2.08. The molecule has 6 heteroatoms. The molecule has 1 aromatic heterocycles. The molecule has 1 aromatic carbocycles. The van der Waals surface area contributed by atoms with Crippen molar-refractivity contribution in [3.63, 3.8) is 0 Å². The maximum atomic E-state index is 11.9. The van der Waals surface area contributed by atoms with Gasteiger partial charge in [-0.1, -0.05) is 13.8 Å². The number of furan rings is 1. The Labute approximate surface area is 142 Å². The van der Waals surface area contributed by atoms with E-state index in [1.165, 1.54) is 12.5 Å². The van der Waals surface area contributed by atoms with Crippen molar-refractivity contribution in [3.8, 4) is 5.75 Å². The lowest BCUT2D eigenvalue weighted by molar-refractivity contribution is 0.102. The molecule has 23 heavy (non-hydrogen) atoms. The first kappa shape index (κ1) is 19.1. The number of anilines is 1. The van der Waals surface area contributed by atoms with E-state index in [1.807, 2.05) is 25.1 Å². The molecule has 5 nitrogen and oxygen atoms in total. The fourth-order valence-corrected chi connectivity index (χ4v) is 1.99. The summed E-state index contributed by atoms with van der Waals surface area (Å²) in [5.74, 6) is 0.634. The summed E-state index contributed by atoms with van der Waals surface area (Å²) in [5, 5.41) is 6.13. The molecule has 0 spiro atoms. The average Bonchev–Trinajstić information content (AvgIpc) is 2.99. The highest BCUT2D eigenvalue weighted by atomic mass is 35.5. The van der Waals surface area contributed by atoms with Gasteiger partial charge in [0.1, 0.15) is 18.6 Å². The number of amides is 1. The van der Waals surface area contributed by atoms with Crippen LogP contribution < -0.4 is 15.4 Å². The predicted molar refractivity (Wildman–Crippen MR) is 93.7 cm³/mol. The van der Waals surface area contributed by atoms with Crippen molar-refractivity contribution in [2.45, 2.75) is 26.8 Å². The summed E-state index contributed by atoms with van der Waals surface area (Å²) in [4.78, 5) is 11.9. The number of benzene rings is 1. The van der Waals surface area contributed by atoms with Crippen molar-refractivity contribution >= 4 is 24.0 Å². The lowest BCUT2D eigenvalue weighted by atomic mass is 10.2. The van der Waals surface area contributed by atoms with Gasteiger partial charge in [0.15, 0.2) is 0 Å². The first-order valence-corrected chi connectivity index (χ1v) is 7.36. The maximum Gasteiger partial charge on any atom is 0.258 e. The topological polar surface area (TPSA) is 63.5 Å². The van der Waals surface area contributed by atoms with E-state index in [0.29, 0.717) is 18.2 Å². The molecule has 2 N–H and O–H groups in total. The van der Waals surface area contributed by atoms with Crippen LogP contribution in [0, 0.1) is 6.92 Å². The van der Waals surface area contributed by atoms with Crippen LogP contribution in [0.15, 0.2) is 41.2 Å². The van der Waals surface area contributed by atoms with Gasteiger partial charge in [0.25, 0.3) is 5.91 Å². The number of aryl methyl sites for hydroxylation is 1. The third kappa shape index (κ3) is 5.96. The number of rotatable bonds is 7. The van der Waals surface area contributed by atoms with E-state index in [1.54, 1.807) is 6.07 Å². The fourth-order valence-electron chi connectivity index (χ4n) is 1.99. The van der Waals surface area contributed by atoms with Crippen molar-refractivity contribution in [3.05, 3.63) is 47.9 Å². The van der Waals surface area contributed by atoms with Crippen molar-refractivity contribution in [2.24, 2.45) is 0 Å². The van der Waals surface area contributed by atoms with Gasteiger partial charge >= 0.3 is 0 Å². The van der Waals surface area contributed by atoms with Crippen LogP contribution in [0.25, 0.3) is 0 Å². The lowest BCUT2D eigenvalue weighted by Crippen LogP contribution is -2.27. The third-order valence-corrected chi connectivity index (χ3v) is 3.13. The minimum absolute atomic E-state index is 0. The summed E-state index contributed by atoms with van der Waals surface area (Å²) < 4.78 is 10.6. The Kier molecular flexibility index (Phi) is 7.65. The molecule has 0 saturated heterocycles. The molecule has 0 radical (unpaired) electrons. The van der Waals surface area contributed by atoms with Gasteiger partial charge in [0, 0.05) is 18.3 Å². The molecular weight excluding hydrogens is 316 g/mol. The Balaban J connectivity index is 0.00000264. The molecule has 0 fully saturated rings. The van der Waals surface area contributed by atoms with E-state index in [4.69, 9.17) is 9.15 Å². The normalized spacial score (nSPS) is 10.3. The van der Waals surface area contributed by atoms with Gasteiger partial charge < -0.3 is 19.8 Å². The monoisotopic (exact) mass is 338 g/mol. The largest absolute Gasteiger partial charge is 0.492 e. The average molecular weight is 339 g/mol. The quantitative estimate of drug-likeness (QED) is 0.756. The number of hydrogen-bond donors (Lipinski definition) is 2. The van der Waals surface area contributed by atoms with E-state index in [-0.39, 0.29) is 18.3 Å². The molecule has 126 valence electrons. The fraction of sp³-hybridized carbons (Fsp3) is 0.353. The number of nitrogens with one attached hydrogen (secondary N) is 2. The number of halogens is 1. The molecule has 0 aliphatic heterocycles. The van der Waals surface area contributed by atoms with Gasteiger partial charge in [-0.3, -0.25) is 4.79 Å². The van der Waals surface area contributed by atoms with E-state index in [0.717, 1.165) is 23.5 Å². The van der Waals surface area contributed by atoms with Crippen molar-refractivity contribution < 1.29 is 13.9 Å². The Hall–Kier alpha value is -1.98. The molecule has 0 saturated carbocycles. The zero-order valence-electron chi connectivity index (χ0n) is 13.6. The number of carbonyl (C=O) groups excluding carboxylic acids is 1. The van der Waals surface area contributed by atoms with Crippen LogP contribution in [0.1, 0.15) is 29.8 Å². The second-order valence-electron chi connectivity index (χ2n) is 5.40. The lowest BCUT2D eigenvalue weighted by Gasteiger charge is -2.12. The molecule has 0 aliphatic rings. The summed E-state index contributed by atoms with van der Waals surface area (Å²) in [5.41, 5.74) is 2.21. The second kappa shape index (κ2) is 9.22. The first-order valence-electron chi connectivity index (χ1n) is 7.36. The van der Waals surface area contributed by atoms with E-state index in [9.17, 15) is 4.79 Å². The van der Waals surface area contributed by atoms with Gasteiger partial charge in [0.2, 0.25) is 0 Å². The third-order valence-electron chi connectivity index (χ3n) is 3.13. The van der Waals surface area contributed by atoms with E-state index < -0.39 is 0 Å². The molecule has 0 atom stereocenters. The van der Waals surface area contributed by atoms with Crippen LogP contribution in [0.5, 0.6) is 5.75 Å². The standard InChI is InChI=1S/C17H22N2O3.ClH/c1-12(2)18-7-9-22-16-5-4-15(10-13(16)3)19-17(20)14-6-8-21-11-14;/h4-6,8,10-12,18H,7,9H2,1-3H3,(H,19,20);1H. The highest BCUT2D eigenvalue weighted by molar-refractivity contribution is 6.04. The van der Waals surface area contributed by atoms with Crippen LogP contribution in [0.2, 0.25) is 0 Å². The Morgan fingerprint density at radius 2 is 2.09 bits per heavy atom. The minimum Gasteiger partial charge on any atom is -0.492 e. The van der Waals surface area contributed by atoms with E-state index in [2.05, 4.69) is 24.5 Å². The summed E-state index contributed by atoms with van der Waals surface area (Å²) in [7, 11) is 0. The summed E-state index contributed by atoms with van der Waals surface area (Å²) >= 11 is 0. The van der Waals surface area contributed by atoms with Crippen molar-refractivity contribution in [2.75, 3.05) is 18.5 Å². The molecule has 0 aliphatic carbocycles. The van der Waals surface area contributed by atoms with Crippen LogP contribution in [-0.2, 0) is 0 Å². The molecule has 0 unspecified atom stereocenters. The van der Waals surface area contributed by atoms with Gasteiger partial charge in [-0.15, -0.1) is 12.4 Å². The van der Waals surface area contributed by atoms with Crippen LogP contribution in [0.3, 0.4) is 0 Å². The summed E-state index contributed by atoms with van der Waals surface area (Å²) in [6.07, 6.45) is 2.89. The molecular formula is C17H23ClN2O3. The van der Waals surface area contributed by atoms with Crippen LogP contribution >= 0.6 is 12.4 Å². The Morgan fingerprint density at radius 3 is 2.70 bits per heavy atom.